The van der Waals surface area contributed by atoms with Crippen molar-refractivity contribution >= 4 is 29.1 Å². The largest absolute Gasteiger partial charge is 0.298 e. The Kier molecular flexibility index (Phi) is 7.51. The van der Waals surface area contributed by atoms with Crippen LogP contribution < -0.4 is 16.2 Å². The van der Waals surface area contributed by atoms with Gasteiger partial charge in [0.2, 0.25) is 5.91 Å². The van der Waals surface area contributed by atoms with Gasteiger partial charge >= 0.3 is 0 Å². The monoisotopic (exact) mass is 431 g/mol. The molecular formula is C25H25N3O2S. The number of hydrogen-bond donors (Lipinski definition) is 3. The minimum atomic E-state index is -0.517. The van der Waals surface area contributed by atoms with Crippen molar-refractivity contribution < 1.29 is 9.59 Å². The smallest absolute Gasteiger partial charge is 0.257 e. The first-order valence-electron chi connectivity index (χ1n) is 10.1. The van der Waals surface area contributed by atoms with Gasteiger partial charge in [-0.3, -0.25) is 25.8 Å². The molecule has 0 aliphatic heterocycles. The molecule has 0 fully saturated rings. The van der Waals surface area contributed by atoms with Gasteiger partial charge in [-0.05, 0) is 47.0 Å². The van der Waals surface area contributed by atoms with Crippen molar-refractivity contribution in [3.63, 3.8) is 0 Å². The molecule has 3 aromatic rings. The van der Waals surface area contributed by atoms with E-state index in [1.807, 2.05) is 72.8 Å². The number of carbonyl (C=O) groups is 2. The van der Waals surface area contributed by atoms with E-state index in [1.165, 1.54) is 0 Å². The van der Waals surface area contributed by atoms with Crippen LogP contribution in [-0.2, 0) is 4.79 Å². The predicted molar refractivity (Wildman–Crippen MR) is 127 cm³/mol. The lowest BCUT2D eigenvalue weighted by Crippen LogP contribution is -2.49. The number of benzene rings is 3. The minimum Gasteiger partial charge on any atom is -0.298 e. The second-order valence-electron chi connectivity index (χ2n) is 7.43. The van der Waals surface area contributed by atoms with Crippen LogP contribution in [0.4, 0.5) is 0 Å². The molecule has 3 N–H and O–H groups in total. The SMILES string of the molecule is CC(C)c1ccc(C(=O)NC(=S)NNC(=O)C(c2ccccc2)c2ccccc2)cc1. The molecular weight excluding hydrogens is 406 g/mol. The highest BCUT2D eigenvalue weighted by atomic mass is 32.1. The van der Waals surface area contributed by atoms with Crippen molar-refractivity contribution in [2.45, 2.75) is 25.7 Å². The maximum absolute atomic E-state index is 13.0. The Morgan fingerprint density at radius 3 is 1.71 bits per heavy atom. The van der Waals surface area contributed by atoms with E-state index in [2.05, 4.69) is 30.0 Å². The third kappa shape index (κ3) is 5.99. The van der Waals surface area contributed by atoms with Gasteiger partial charge in [-0.2, -0.15) is 0 Å². The zero-order valence-corrected chi connectivity index (χ0v) is 18.3. The Labute approximate surface area is 187 Å². The van der Waals surface area contributed by atoms with Crippen LogP contribution in [0.1, 0.15) is 52.7 Å². The maximum Gasteiger partial charge on any atom is 0.257 e. The second-order valence-corrected chi connectivity index (χ2v) is 7.84. The van der Waals surface area contributed by atoms with Crippen LogP contribution in [-0.4, -0.2) is 16.9 Å². The van der Waals surface area contributed by atoms with E-state index >= 15 is 0 Å². The summed E-state index contributed by atoms with van der Waals surface area (Å²) >= 11 is 5.18. The van der Waals surface area contributed by atoms with Crippen molar-refractivity contribution in [3.8, 4) is 0 Å². The fourth-order valence-electron chi connectivity index (χ4n) is 3.20. The van der Waals surface area contributed by atoms with Crippen molar-refractivity contribution in [2.24, 2.45) is 0 Å². The lowest BCUT2D eigenvalue weighted by molar-refractivity contribution is -0.122. The molecule has 0 saturated heterocycles. The Morgan fingerprint density at radius 1 is 0.710 bits per heavy atom. The zero-order valence-electron chi connectivity index (χ0n) is 17.5. The van der Waals surface area contributed by atoms with Gasteiger partial charge in [0.15, 0.2) is 5.11 Å². The number of hydrazine groups is 1. The number of amides is 2. The molecule has 31 heavy (non-hydrogen) atoms. The fraction of sp³-hybridized carbons (Fsp3) is 0.160. The molecule has 6 heteroatoms. The summed E-state index contributed by atoms with van der Waals surface area (Å²) in [6.45, 7) is 4.18. The standard InChI is InChI=1S/C25H25N3O2S/c1-17(2)18-13-15-21(16-14-18)23(29)26-25(31)28-27-24(30)22(19-9-5-3-6-10-19)20-11-7-4-8-12-20/h3-17,22H,1-2H3,(H,27,30)(H2,26,28,29,31). The molecule has 5 nitrogen and oxygen atoms in total. The van der Waals surface area contributed by atoms with E-state index in [-0.39, 0.29) is 16.9 Å². The van der Waals surface area contributed by atoms with E-state index in [9.17, 15) is 9.59 Å². The number of hydrogen-bond acceptors (Lipinski definition) is 3. The molecule has 0 aliphatic rings. The molecule has 2 amide bonds. The van der Waals surface area contributed by atoms with Crippen LogP contribution in [0.5, 0.6) is 0 Å². The summed E-state index contributed by atoms with van der Waals surface area (Å²) in [4.78, 5) is 25.4. The van der Waals surface area contributed by atoms with Gasteiger partial charge in [-0.1, -0.05) is 86.6 Å². The number of nitrogens with one attached hydrogen (secondary N) is 3. The molecule has 0 saturated carbocycles. The van der Waals surface area contributed by atoms with Crippen LogP contribution in [0.25, 0.3) is 0 Å². The molecule has 0 heterocycles. The van der Waals surface area contributed by atoms with Crippen LogP contribution in [0, 0.1) is 0 Å². The maximum atomic E-state index is 13.0. The predicted octanol–water partition coefficient (Wildman–Crippen LogP) is 4.28. The van der Waals surface area contributed by atoms with Crippen molar-refractivity contribution in [3.05, 3.63) is 107 Å². The van der Waals surface area contributed by atoms with E-state index in [0.29, 0.717) is 11.5 Å². The average molecular weight is 432 g/mol. The van der Waals surface area contributed by atoms with Crippen molar-refractivity contribution in [2.75, 3.05) is 0 Å². The summed E-state index contributed by atoms with van der Waals surface area (Å²) in [5.74, 6) is -0.755. The Balaban J connectivity index is 1.62. The highest BCUT2D eigenvalue weighted by Crippen LogP contribution is 2.24. The Hall–Kier alpha value is -3.51. The first-order valence-corrected chi connectivity index (χ1v) is 10.5. The van der Waals surface area contributed by atoms with Gasteiger partial charge in [-0.25, -0.2) is 0 Å². The van der Waals surface area contributed by atoms with E-state index in [1.54, 1.807) is 12.1 Å². The third-order valence-corrected chi connectivity index (χ3v) is 5.10. The van der Waals surface area contributed by atoms with Crippen LogP contribution in [0.2, 0.25) is 0 Å². The van der Waals surface area contributed by atoms with E-state index in [4.69, 9.17) is 12.2 Å². The van der Waals surface area contributed by atoms with Gasteiger partial charge in [-0.15, -0.1) is 0 Å². The molecule has 0 spiro atoms. The molecule has 0 aromatic heterocycles. The molecule has 0 unspecified atom stereocenters. The minimum absolute atomic E-state index is 0.0196. The number of rotatable bonds is 5. The lowest BCUT2D eigenvalue weighted by atomic mass is 9.91. The Bertz CT molecular complexity index is 996. The van der Waals surface area contributed by atoms with Crippen molar-refractivity contribution in [1.29, 1.82) is 0 Å². The van der Waals surface area contributed by atoms with Crippen molar-refractivity contribution in [1.82, 2.24) is 16.2 Å². The van der Waals surface area contributed by atoms with Crippen LogP contribution in [0.15, 0.2) is 84.9 Å². The number of thiocarbonyl (C=S) groups is 1. The molecule has 158 valence electrons. The van der Waals surface area contributed by atoms with Gasteiger partial charge in [0.1, 0.15) is 0 Å². The highest BCUT2D eigenvalue weighted by Gasteiger charge is 2.22. The lowest BCUT2D eigenvalue weighted by Gasteiger charge is -2.19. The molecule has 0 atom stereocenters. The molecule has 3 aromatic carbocycles. The zero-order chi connectivity index (χ0) is 22.2. The average Bonchev–Trinajstić information content (AvgIpc) is 2.79. The first kappa shape index (κ1) is 22.2. The molecule has 0 radical (unpaired) electrons. The van der Waals surface area contributed by atoms with Gasteiger partial charge in [0, 0.05) is 5.56 Å². The van der Waals surface area contributed by atoms with Gasteiger partial charge in [0.05, 0.1) is 5.92 Å². The quantitative estimate of drug-likeness (QED) is 0.417. The normalized spacial score (nSPS) is 10.6. The van der Waals surface area contributed by atoms with E-state index < -0.39 is 5.92 Å². The number of carbonyl (C=O) groups excluding carboxylic acids is 2. The summed E-state index contributed by atoms with van der Waals surface area (Å²) < 4.78 is 0. The topological polar surface area (TPSA) is 70.2 Å². The summed E-state index contributed by atoms with van der Waals surface area (Å²) in [6, 6.07) is 26.3. The fourth-order valence-corrected chi connectivity index (χ4v) is 3.35. The molecule has 3 rings (SSSR count). The van der Waals surface area contributed by atoms with Gasteiger partial charge in [0.25, 0.3) is 5.91 Å². The van der Waals surface area contributed by atoms with E-state index in [0.717, 1.165) is 16.7 Å². The van der Waals surface area contributed by atoms with Crippen LogP contribution in [0.3, 0.4) is 0 Å². The third-order valence-electron chi connectivity index (χ3n) is 4.89. The first-order chi connectivity index (χ1) is 15.0. The summed E-state index contributed by atoms with van der Waals surface area (Å²) in [5, 5.41) is 2.61. The summed E-state index contributed by atoms with van der Waals surface area (Å²) in [5.41, 5.74) is 8.60. The summed E-state index contributed by atoms with van der Waals surface area (Å²) in [6.07, 6.45) is 0. The van der Waals surface area contributed by atoms with Gasteiger partial charge < -0.3 is 0 Å². The molecule has 0 aliphatic carbocycles. The second kappa shape index (κ2) is 10.5. The Morgan fingerprint density at radius 2 is 1.23 bits per heavy atom. The molecule has 0 bridgehead atoms. The summed E-state index contributed by atoms with van der Waals surface area (Å²) in [7, 11) is 0. The van der Waals surface area contributed by atoms with Crippen LogP contribution >= 0.6 is 12.2 Å². The highest BCUT2D eigenvalue weighted by molar-refractivity contribution is 7.80.